The van der Waals surface area contributed by atoms with E-state index in [1.54, 1.807) is 0 Å². The molecule has 3 heteroatoms. The van der Waals surface area contributed by atoms with Crippen LogP contribution < -0.4 is 0 Å². The molecule has 2 fully saturated rings. The molecule has 0 aliphatic heterocycles. The topological polar surface area (TPSA) is 20.2 Å². The van der Waals surface area contributed by atoms with Crippen molar-refractivity contribution in [3.8, 4) is 0 Å². The van der Waals surface area contributed by atoms with E-state index in [0.29, 0.717) is 11.3 Å². The summed E-state index contributed by atoms with van der Waals surface area (Å²) in [5, 5.41) is 11.0. The number of aliphatic hydroxyl groups is 1. The van der Waals surface area contributed by atoms with Gasteiger partial charge in [0.1, 0.15) is 0 Å². The first kappa shape index (κ1) is 33.6. The minimum Gasteiger partial charge on any atom is -0.393 e. The van der Waals surface area contributed by atoms with Crippen molar-refractivity contribution in [3.05, 3.63) is 0 Å². The number of rotatable bonds is 14. The highest BCUT2D eigenvalue weighted by atomic mass is 127. The minimum absolute atomic E-state index is 0.108. The molecule has 2 rings (SSSR count). The second-order valence-electron chi connectivity index (χ2n) is 14.8. The molecular formula is C33H62I2O. The molecule has 0 radical (unpaired) electrons. The molecule has 0 aromatic carbocycles. The van der Waals surface area contributed by atoms with Gasteiger partial charge >= 0.3 is 0 Å². The smallest absolute Gasteiger partial charge is 0.0565 e. The van der Waals surface area contributed by atoms with Crippen molar-refractivity contribution < 1.29 is 5.11 Å². The van der Waals surface area contributed by atoms with E-state index in [-0.39, 0.29) is 6.10 Å². The Balaban J connectivity index is 1.69. The van der Waals surface area contributed by atoms with Crippen molar-refractivity contribution >= 4 is 45.2 Å². The van der Waals surface area contributed by atoms with E-state index in [0.717, 1.165) is 49.8 Å². The van der Waals surface area contributed by atoms with E-state index >= 15 is 0 Å². The third-order valence-electron chi connectivity index (χ3n) is 10.1. The van der Waals surface area contributed by atoms with Crippen molar-refractivity contribution in [1.29, 1.82) is 0 Å². The monoisotopic (exact) mass is 728 g/mol. The zero-order valence-electron chi connectivity index (χ0n) is 25.1. The average molecular weight is 729 g/mol. The SMILES string of the molecule is CC(CC[C@@H](C(C)CC1CCC(I)CC1)[C@@H](C)I)C(O)CCCC1CCCC([C@H](C)CC(C)(C)C)C1. The van der Waals surface area contributed by atoms with Crippen LogP contribution in [0.1, 0.15) is 145 Å². The van der Waals surface area contributed by atoms with Crippen LogP contribution in [0.25, 0.3) is 0 Å². The van der Waals surface area contributed by atoms with Crippen molar-refractivity contribution in [2.45, 2.75) is 159 Å². The van der Waals surface area contributed by atoms with Gasteiger partial charge in [0.2, 0.25) is 0 Å². The lowest BCUT2D eigenvalue weighted by atomic mass is 9.70. The van der Waals surface area contributed by atoms with Crippen LogP contribution in [0.3, 0.4) is 0 Å². The van der Waals surface area contributed by atoms with Crippen LogP contribution in [0, 0.1) is 46.8 Å². The van der Waals surface area contributed by atoms with Crippen LogP contribution in [-0.2, 0) is 0 Å². The average Bonchev–Trinajstić information content (AvgIpc) is 2.79. The Bertz CT molecular complexity index is 577. The third-order valence-corrected chi connectivity index (χ3v) is 12.3. The van der Waals surface area contributed by atoms with Gasteiger partial charge in [0.15, 0.2) is 0 Å². The summed E-state index contributed by atoms with van der Waals surface area (Å²) in [5.41, 5.74) is 0.451. The molecule has 0 heterocycles. The fraction of sp³-hybridized carbons (Fsp3) is 1.00. The number of hydrogen-bond donors (Lipinski definition) is 1. The predicted octanol–water partition coefficient (Wildman–Crippen LogP) is 11.3. The van der Waals surface area contributed by atoms with Gasteiger partial charge in [0.25, 0.3) is 0 Å². The van der Waals surface area contributed by atoms with Crippen molar-refractivity contribution in [2.24, 2.45) is 46.8 Å². The maximum atomic E-state index is 11.0. The Kier molecular flexibility index (Phi) is 15.5. The summed E-state index contributed by atoms with van der Waals surface area (Å²) in [7, 11) is 0. The lowest BCUT2D eigenvalue weighted by Gasteiger charge is -2.36. The molecule has 214 valence electrons. The van der Waals surface area contributed by atoms with Crippen molar-refractivity contribution in [1.82, 2.24) is 0 Å². The molecule has 36 heavy (non-hydrogen) atoms. The van der Waals surface area contributed by atoms with Gasteiger partial charge in [-0.05, 0) is 111 Å². The van der Waals surface area contributed by atoms with Crippen LogP contribution in [0.5, 0.6) is 0 Å². The first-order chi connectivity index (χ1) is 16.9. The molecular weight excluding hydrogens is 666 g/mol. The Morgan fingerprint density at radius 1 is 0.833 bits per heavy atom. The number of hydrogen-bond acceptors (Lipinski definition) is 1. The molecule has 8 atom stereocenters. The van der Waals surface area contributed by atoms with Crippen molar-refractivity contribution in [2.75, 3.05) is 0 Å². The van der Waals surface area contributed by atoms with E-state index in [1.165, 1.54) is 89.9 Å². The maximum absolute atomic E-state index is 11.0. The van der Waals surface area contributed by atoms with E-state index in [2.05, 4.69) is 93.6 Å². The quantitative estimate of drug-likeness (QED) is 0.139. The molecule has 0 aromatic heterocycles. The normalized spacial score (nSPS) is 30.8. The standard InChI is InChI=1S/C33H62I2O/c1-23(14-19-31(26(4)34)24(2)20-28-15-17-30(35)18-16-28)32(36)13-9-11-27-10-8-12-29(21-27)25(3)22-33(5,6)7/h23-32,36H,8-22H2,1-7H3/t23?,24?,25-,26-,27?,28?,29?,30?,31+,32?/m1/s1. The Hall–Kier alpha value is 1.42. The van der Waals surface area contributed by atoms with E-state index in [1.807, 2.05) is 0 Å². The Morgan fingerprint density at radius 2 is 1.50 bits per heavy atom. The molecule has 0 amide bonds. The first-order valence-corrected chi connectivity index (χ1v) is 18.3. The van der Waals surface area contributed by atoms with Gasteiger partial charge in [0, 0.05) is 7.85 Å². The summed E-state index contributed by atoms with van der Waals surface area (Å²) in [5.74, 6) is 5.70. The third kappa shape index (κ3) is 12.7. The number of alkyl halides is 2. The lowest BCUT2D eigenvalue weighted by molar-refractivity contribution is 0.0892. The largest absolute Gasteiger partial charge is 0.393 e. The molecule has 2 aliphatic rings. The van der Waals surface area contributed by atoms with Crippen LogP contribution in [-0.4, -0.2) is 19.1 Å². The summed E-state index contributed by atoms with van der Waals surface area (Å²) < 4.78 is 1.65. The number of halogens is 2. The second-order valence-corrected chi connectivity index (χ2v) is 18.5. The van der Waals surface area contributed by atoms with Crippen LogP contribution in [0.2, 0.25) is 0 Å². The van der Waals surface area contributed by atoms with Gasteiger partial charge in [-0.2, -0.15) is 0 Å². The summed E-state index contributed by atoms with van der Waals surface area (Å²) in [6, 6.07) is 0. The van der Waals surface area contributed by atoms with Crippen molar-refractivity contribution in [3.63, 3.8) is 0 Å². The maximum Gasteiger partial charge on any atom is 0.0565 e. The second kappa shape index (κ2) is 16.6. The fourth-order valence-electron chi connectivity index (χ4n) is 7.82. The molecule has 0 bridgehead atoms. The number of aliphatic hydroxyl groups excluding tert-OH is 1. The zero-order valence-corrected chi connectivity index (χ0v) is 29.4. The minimum atomic E-state index is -0.108. The van der Waals surface area contributed by atoms with E-state index in [4.69, 9.17) is 0 Å². The van der Waals surface area contributed by atoms with Crippen LogP contribution in [0.15, 0.2) is 0 Å². The molecule has 1 nitrogen and oxygen atoms in total. The summed E-state index contributed by atoms with van der Waals surface area (Å²) in [4.78, 5) is 0. The molecule has 0 aromatic rings. The molecule has 2 aliphatic carbocycles. The van der Waals surface area contributed by atoms with Gasteiger partial charge < -0.3 is 5.11 Å². The fourth-order valence-corrected chi connectivity index (χ4v) is 9.60. The van der Waals surface area contributed by atoms with Gasteiger partial charge in [0.05, 0.1) is 6.10 Å². The van der Waals surface area contributed by atoms with Gasteiger partial charge in [-0.3, -0.25) is 0 Å². The Labute approximate surface area is 254 Å². The highest BCUT2D eigenvalue weighted by Gasteiger charge is 2.30. The van der Waals surface area contributed by atoms with E-state index < -0.39 is 0 Å². The van der Waals surface area contributed by atoms with Gasteiger partial charge in [-0.15, -0.1) is 0 Å². The van der Waals surface area contributed by atoms with Crippen LogP contribution in [0.4, 0.5) is 0 Å². The highest BCUT2D eigenvalue weighted by Crippen LogP contribution is 2.41. The van der Waals surface area contributed by atoms with E-state index in [9.17, 15) is 5.11 Å². The summed E-state index contributed by atoms with van der Waals surface area (Å²) in [6.07, 6.45) is 20.2. The summed E-state index contributed by atoms with van der Waals surface area (Å²) >= 11 is 5.33. The first-order valence-electron chi connectivity index (χ1n) is 15.8. The highest BCUT2D eigenvalue weighted by molar-refractivity contribution is 14.1. The predicted molar refractivity (Wildman–Crippen MR) is 177 cm³/mol. The molecule has 0 spiro atoms. The van der Waals surface area contributed by atoms with Crippen LogP contribution >= 0.6 is 45.2 Å². The van der Waals surface area contributed by atoms with Gasteiger partial charge in [-0.25, -0.2) is 0 Å². The van der Waals surface area contributed by atoms with Gasteiger partial charge in [-0.1, -0.05) is 126 Å². The Morgan fingerprint density at radius 3 is 2.11 bits per heavy atom. The molecule has 0 saturated heterocycles. The molecule has 2 saturated carbocycles. The summed E-state index contributed by atoms with van der Waals surface area (Å²) in [6.45, 7) is 17.0. The zero-order chi connectivity index (χ0) is 26.9. The lowest BCUT2D eigenvalue weighted by Crippen LogP contribution is -2.26. The molecule has 5 unspecified atom stereocenters. The molecule has 1 N–H and O–H groups in total.